The predicted molar refractivity (Wildman–Crippen MR) is 59.4 cm³/mol. The van der Waals surface area contributed by atoms with Gasteiger partial charge in [-0.05, 0) is 30.7 Å². The highest BCUT2D eigenvalue weighted by molar-refractivity contribution is 9.10. The van der Waals surface area contributed by atoms with Gasteiger partial charge >= 0.3 is 0 Å². The highest BCUT2D eigenvalue weighted by Crippen LogP contribution is 2.22. The molecule has 0 aliphatic rings. The van der Waals surface area contributed by atoms with Gasteiger partial charge < -0.3 is 4.74 Å². The van der Waals surface area contributed by atoms with Crippen molar-refractivity contribution in [2.24, 2.45) is 0 Å². The molecule has 0 radical (unpaired) electrons. The summed E-state index contributed by atoms with van der Waals surface area (Å²) in [6.45, 7) is 5.88. The third-order valence-electron chi connectivity index (χ3n) is 1.52. The first-order valence-electron chi connectivity index (χ1n) is 3.82. The summed E-state index contributed by atoms with van der Waals surface area (Å²) >= 11 is 8.96. The molecule has 0 aromatic heterocycles. The monoisotopic (exact) mass is 260 g/mol. The van der Waals surface area contributed by atoms with Crippen LogP contribution in [0.2, 0.25) is 0 Å². The molecule has 3 heteroatoms. The molecule has 0 saturated heterocycles. The first-order valence-corrected chi connectivity index (χ1v) is 4.99. The smallest absolute Gasteiger partial charge is 0.123 e. The standard InChI is InChI=1S/C10H10BrClO/c1-7-5-9(11)3-4-10(7)13-6-8(2)12/h3-5H,2,6H2,1H3. The van der Waals surface area contributed by atoms with Crippen molar-refractivity contribution < 1.29 is 4.74 Å². The molecule has 1 nitrogen and oxygen atoms in total. The normalized spacial score (nSPS) is 9.77. The Balaban J connectivity index is 2.72. The number of benzene rings is 1. The third kappa shape index (κ3) is 3.41. The zero-order valence-corrected chi connectivity index (χ0v) is 9.65. The molecule has 0 saturated carbocycles. The van der Waals surface area contributed by atoms with Gasteiger partial charge in [-0.15, -0.1) is 0 Å². The molecule has 0 N–H and O–H groups in total. The zero-order valence-electron chi connectivity index (χ0n) is 7.31. The van der Waals surface area contributed by atoms with Gasteiger partial charge in [-0.2, -0.15) is 0 Å². The van der Waals surface area contributed by atoms with E-state index in [1.807, 2.05) is 25.1 Å². The second-order valence-corrected chi connectivity index (χ2v) is 4.17. The number of ether oxygens (including phenoxy) is 1. The van der Waals surface area contributed by atoms with Crippen LogP contribution < -0.4 is 4.74 Å². The SMILES string of the molecule is C=C(Cl)COc1ccc(Br)cc1C. The third-order valence-corrected chi connectivity index (χ3v) is 2.12. The van der Waals surface area contributed by atoms with Crippen molar-refractivity contribution in [1.82, 2.24) is 0 Å². The van der Waals surface area contributed by atoms with Crippen molar-refractivity contribution in [3.8, 4) is 5.75 Å². The van der Waals surface area contributed by atoms with Crippen LogP contribution in [0.15, 0.2) is 34.3 Å². The number of hydrogen-bond donors (Lipinski definition) is 0. The number of hydrogen-bond acceptors (Lipinski definition) is 1. The molecule has 13 heavy (non-hydrogen) atoms. The lowest BCUT2D eigenvalue weighted by atomic mass is 10.2. The fraction of sp³-hybridized carbons (Fsp3) is 0.200. The van der Waals surface area contributed by atoms with E-state index in [0.29, 0.717) is 11.6 Å². The molecule has 1 rings (SSSR count). The van der Waals surface area contributed by atoms with Crippen LogP contribution in [-0.2, 0) is 0 Å². The molecule has 0 spiro atoms. The minimum Gasteiger partial charge on any atom is -0.488 e. The molecular weight excluding hydrogens is 251 g/mol. The molecule has 0 atom stereocenters. The van der Waals surface area contributed by atoms with Gasteiger partial charge in [0.25, 0.3) is 0 Å². The molecule has 1 aromatic carbocycles. The van der Waals surface area contributed by atoms with E-state index in [4.69, 9.17) is 16.3 Å². The fourth-order valence-electron chi connectivity index (χ4n) is 0.931. The van der Waals surface area contributed by atoms with Crippen molar-refractivity contribution in [3.05, 3.63) is 39.8 Å². The van der Waals surface area contributed by atoms with Gasteiger partial charge in [-0.25, -0.2) is 0 Å². The van der Waals surface area contributed by atoms with E-state index >= 15 is 0 Å². The van der Waals surface area contributed by atoms with Crippen molar-refractivity contribution in [2.45, 2.75) is 6.92 Å². The molecular formula is C10H10BrClO. The Morgan fingerprint density at radius 1 is 1.62 bits per heavy atom. The van der Waals surface area contributed by atoms with Crippen LogP contribution in [0.25, 0.3) is 0 Å². The van der Waals surface area contributed by atoms with Gasteiger partial charge in [-0.1, -0.05) is 34.1 Å². The Bertz CT molecular complexity index is 323. The van der Waals surface area contributed by atoms with Crippen molar-refractivity contribution in [3.63, 3.8) is 0 Å². The summed E-state index contributed by atoms with van der Waals surface area (Å²) < 4.78 is 6.44. The van der Waals surface area contributed by atoms with Crippen LogP contribution >= 0.6 is 27.5 Å². The Morgan fingerprint density at radius 2 is 2.31 bits per heavy atom. The molecule has 0 bridgehead atoms. The van der Waals surface area contributed by atoms with E-state index < -0.39 is 0 Å². The van der Waals surface area contributed by atoms with Gasteiger partial charge in [0.2, 0.25) is 0 Å². The van der Waals surface area contributed by atoms with Crippen LogP contribution in [0.5, 0.6) is 5.75 Å². The lowest BCUT2D eigenvalue weighted by Crippen LogP contribution is -1.97. The zero-order chi connectivity index (χ0) is 9.84. The van der Waals surface area contributed by atoms with Crippen molar-refractivity contribution in [1.29, 1.82) is 0 Å². The fourth-order valence-corrected chi connectivity index (χ4v) is 1.46. The molecule has 0 aliphatic carbocycles. The van der Waals surface area contributed by atoms with Gasteiger partial charge in [0, 0.05) is 9.51 Å². The average Bonchev–Trinajstić information content (AvgIpc) is 2.02. The van der Waals surface area contributed by atoms with E-state index in [1.165, 1.54) is 0 Å². The van der Waals surface area contributed by atoms with E-state index in [9.17, 15) is 0 Å². The van der Waals surface area contributed by atoms with Crippen molar-refractivity contribution >= 4 is 27.5 Å². The lowest BCUT2D eigenvalue weighted by molar-refractivity contribution is 0.357. The number of aryl methyl sites for hydroxylation is 1. The first-order chi connectivity index (χ1) is 6.09. The van der Waals surface area contributed by atoms with Crippen LogP contribution in [0.1, 0.15) is 5.56 Å². The van der Waals surface area contributed by atoms with E-state index in [2.05, 4.69) is 22.5 Å². The highest BCUT2D eigenvalue weighted by Gasteiger charge is 1.99. The van der Waals surface area contributed by atoms with E-state index in [1.54, 1.807) is 0 Å². The average molecular weight is 262 g/mol. The minimum atomic E-state index is 0.351. The van der Waals surface area contributed by atoms with Crippen LogP contribution in [0.3, 0.4) is 0 Å². The van der Waals surface area contributed by atoms with E-state index in [-0.39, 0.29) is 0 Å². The number of halogens is 2. The van der Waals surface area contributed by atoms with Gasteiger partial charge in [0.15, 0.2) is 0 Å². The summed E-state index contributed by atoms with van der Waals surface area (Å²) in [7, 11) is 0. The Hall–Kier alpha value is -0.470. The summed E-state index contributed by atoms with van der Waals surface area (Å²) in [5, 5.41) is 0.502. The maximum Gasteiger partial charge on any atom is 0.123 e. The van der Waals surface area contributed by atoms with Crippen molar-refractivity contribution in [2.75, 3.05) is 6.61 Å². The topological polar surface area (TPSA) is 9.23 Å². The molecule has 0 fully saturated rings. The largest absolute Gasteiger partial charge is 0.488 e. The van der Waals surface area contributed by atoms with Gasteiger partial charge in [0.05, 0.1) is 0 Å². The summed E-state index contributed by atoms with van der Waals surface area (Å²) in [4.78, 5) is 0. The predicted octanol–water partition coefficient (Wildman–Crippen LogP) is 3.89. The van der Waals surface area contributed by atoms with E-state index in [0.717, 1.165) is 15.8 Å². The maximum absolute atomic E-state index is 5.58. The summed E-state index contributed by atoms with van der Waals surface area (Å²) in [6.07, 6.45) is 0. The van der Waals surface area contributed by atoms with Gasteiger partial charge in [0.1, 0.15) is 12.4 Å². The Morgan fingerprint density at radius 3 is 2.85 bits per heavy atom. The molecule has 0 aliphatic heterocycles. The molecule has 0 heterocycles. The minimum absolute atomic E-state index is 0.351. The molecule has 0 unspecified atom stereocenters. The van der Waals surface area contributed by atoms with Gasteiger partial charge in [-0.3, -0.25) is 0 Å². The summed E-state index contributed by atoms with van der Waals surface area (Å²) in [6, 6.07) is 5.82. The highest BCUT2D eigenvalue weighted by atomic mass is 79.9. The maximum atomic E-state index is 5.58. The van der Waals surface area contributed by atoms with Crippen LogP contribution in [-0.4, -0.2) is 6.61 Å². The summed E-state index contributed by atoms with van der Waals surface area (Å²) in [5.74, 6) is 0.838. The lowest BCUT2D eigenvalue weighted by Gasteiger charge is -2.07. The second-order valence-electron chi connectivity index (χ2n) is 2.72. The molecule has 0 amide bonds. The Labute approximate surface area is 91.5 Å². The Kier molecular flexibility index (Phi) is 3.82. The summed E-state index contributed by atoms with van der Waals surface area (Å²) in [5.41, 5.74) is 1.08. The number of rotatable bonds is 3. The molecule has 70 valence electrons. The molecule has 1 aromatic rings. The quantitative estimate of drug-likeness (QED) is 0.802. The first kappa shape index (κ1) is 10.6. The van der Waals surface area contributed by atoms with Crippen LogP contribution in [0, 0.1) is 6.92 Å². The second kappa shape index (κ2) is 4.68. The van der Waals surface area contributed by atoms with Crippen LogP contribution in [0.4, 0.5) is 0 Å².